The lowest BCUT2D eigenvalue weighted by Crippen LogP contribution is -2.58. The minimum Gasteiger partial charge on any atom is -0.477 e. The summed E-state index contributed by atoms with van der Waals surface area (Å²) in [4.78, 5) is 18.3. The molecule has 0 aromatic carbocycles. The fourth-order valence-corrected chi connectivity index (χ4v) is 3.19. The first-order valence-corrected chi connectivity index (χ1v) is 7.56. The van der Waals surface area contributed by atoms with Gasteiger partial charge >= 0.3 is 5.97 Å². The van der Waals surface area contributed by atoms with Gasteiger partial charge in [0.05, 0.1) is 5.69 Å². The summed E-state index contributed by atoms with van der Waals surface area (Å²) in [6.45, 7) is 8.99. The van der Waals surface area contributed by atoms with Gasteiger partial charge in [0.1, 0.15) is 4.88 Å². The zero-order valence-corrected chi connectivity index (χ0v) is 12.5. The van der Waals surface area contributed by atoms with E-state index in [1.165, 1.54) is 11.3 Å². The molecule has 0 saturated carbocycles. The van der Waals surface area contributed by atoms with Gasteiger partial charge in [0.15, 0.2) is 5.13 Å². The van der Waals surface area contributed by atoms with Crippen molar-refractivity contribution in [3.8, 4) is 0 Å². The standard InChI is InChI=1S/C13H21N3O2S/c1-4-5-14-9-6-16(7-9)13-15-10(8(2)3)11(19-13)12(17)18/h8-9,14H,4-7H2,1-3H3,(H,17,18). The zero-order valence-electron chi connectivity index (χ0n) is 11.6. The first-order chi connectivity index (χ1) is 9.02. The van der Waals surface area contributed by atoms with Crippen LogP contribution in [0.4, 0.5) is 5.13 Å². The van der Waals surface area contributed by atoms with Gasteiger partial charge in [-0.25, -0.2) is 9.78 Å². The molecule has 1 fully saturated rings. The Bertz CT molecular complexity index is 453. The number of hydrogen-bond donors (Lipinski definition) is 2. The van der Waals surface area contributed by atoms with Gasteiger partial charge < -0.3 is 15.3 Å². The summed E-state index contributed by atoms with van der Waals surface area (Å²) in [5, 5.41) is 13.5. The maximum absolute atomic E-state index is 11.2. The van der Waals surface area contributed by atoms with Crippen molar-refractivity contribution in [2.75, 3.05) is 24.5 Å². The van der Waals surface area contributed by atoms with E-state index >= 15 is 0 Å². The molecule has 2 N–H and O–H groups in total. The summed E-state index contributed by atoms with van der Waals surface area (Å²) in [6.07, 6.45) is 1.13. The number of carbonyl (C=O) groups is 1. The Labute approximate surface area is 117 Å². The summed E-state index contributed by atoms with van der Waals surface area (Å²) in [7, 11) is 0. The molecule has 2 rings (SSSR count). The Morgan fingerprint density at radius 3 is 2.74 bits per heavy atom. The van der Waals surface area contributed by atoms with Crippen LogP contribution < -0.4 is 10.2 Å². The average molecular weight is 283 g/mol. The van der Waals surface area contributed by atoms with Gasteiger partial charge in [-0.3, -0.25) is 0 Å². The van der Waals surface area contributed by atoms with Gasteiger partial charge in [-0.05, 0) is 18.9 Å². The smallest absolute Gasteiger partial charge is 0.347 e. The SMILES string of the molecule is CCCNC1CN(c2nc(C(C)C)c(C(=O)O)s2)C1. The van der Waals surface area contributed by atoms with Crippen molar-refractivity contribution in [3.05, 3.63) is 10.6 Å². The molecular weight excluding hydrogens is 262 g/mol. The molecule has 2 heterocycles. The minimum absolute atomic E-state index is 0.145. The fourth-order valence-electron chi connectivity index (χ4n) is 2.11. The number of anilines is 1. The van der Waals surface area contributed by atoms with E-state index in [1.54, 1.807) is 0 Å². The van der Waals surface area contributed by atoms with E-state index < -0.39 is 5.97 Å². The molecule has 5 nitrogen and oxygen atoms in total. The van der Waals surface area contributed by atoms with Gasteiger partial charge in [-0.15, -0.1) is 0 Å². The number of carboxylic acids is 1. The molecule has 0 bridgehead atoms. The van der Waals surface area contributed by atoms with E-state index in [-0.39, 0.29) is 5.92 Å². The molecule has 0 atom stereocenters. The van der Waals surface area contributed by atoms with Crippen LogP contribution in [-0.4, -0.2) is 41.7 Å². The molecule has 1 aromatic rings. The van der Waals surface area contributed by atoms with Crippen LogP contribution in [0.3, 0.4) is 0 Å². The maximum atomic E-state index is 11.2. The van der Waals surface area contributed by atoms with Crippen LogP contribution in [0.25, 0.3) is 0 Å². The third-order valence-corrected chi connectivity index (χ3v) is 4.34. The highest BCUT2D eigenvalue weighted by Crippen LogP contribution is 2.32. The molecule has 0 aliphatic carbocycles. The van der Waals surface area contributed by atoms with Crippen LogP contribution >= 0.6 is 11.3 Å². The Morgan fingerprint density at radius 1 is 1.58 bits per heavy atom. The number of rotatable bonds is 6. The Morgan fingerprint density at radius 2 is 2.26 bits per heavy atom. The first-order valence-electron chi connectivity index (χ1n) is 6.75. The highest BCUT2D eigenvalue weighted by molar-refractivity contribution is 7.17. The lowest BCUT2D eigenvalue weighted by Gasteiger charge is -2.39. The van der Waals surface area contributed by atoms with E-state index in [0.717, 1.165) is 31.2 Å². The number of nitrogens with zero attached hydrogens (tertiary/aromatic N) is 2. The third-order valence-electron chi connectivity index (χ3n) is 3.22. The number of aromatic nitrogens is 1. The first kappa shape index (κ1) is 14.3. The number of nitrogens with one attached hydrogen (secondary N) is 1. The normalized spacial score (nSPS) is 15.9. The molecule has 1 saturated heterocycles. The summed E-state index contributed by atoms with van der Waals surface area (Å²) in [6, 6.07) is 0.514. The van der Waals surface area contributed by atoms with Gasteiger partial charge in [-0.2, -0.15) is 0 Å². The summed E-state index contributed by atoms with van der Waals surface area (Å²) < 4.78 is 0. The molecule has 106 valence electrons. The van der Waals surface area contributed by atoms with Crippen molar-refractivity contribution in [2.24, 2.45) is 0 Å². The molecule has 0 unspecified atom stereocenters. The van der Waals surface area contributed by atoms with Crippen LogP contribution in [0, 0.1) is 0 Å². The van der Waals surface area contributed by atoms with Crippen molar-refractivity contribution in [1.29, 1.82) is 0 Å². The fraction of sp³-hybridized carbons (Fsp3) is 0.692. The molecule has 1 aliphatic rings. The van der Waals surface area contributed by atoms with E-state index in [1.807, 2.05) is 13.8 Å². The lowest BCUT2D eigenvalue weighted by molar-refractivity contribution is 0.0700. The van der Waals surface area contributed by atoms with E-state index in [9.17, 15) is 9.90 Å². The summed E-state index contributed by atoms with van der Waals surface area (Å²) in [5.41, 5.74) is 0.706. The second kappa shape index (κ2) is 5.88. The summed E-state index contributed by atoms with van der Waals surface area (Å²) >= 11 is 1.29. The van der Waals surface area contributed by atoms with Crippen molar-refractivity contribution in [2.45, 2.75) is 39.2 Å². The van der Waals surface area contributed by atoms with Crippen molar-refractivity contribution < 1.29 is 9.90 Å². The molecule has 0 radical (unpaired) electrons. The number of thiazole rings is 1. The van der Waals surface area contributed by atoms with Gasteiger partial charge in [0, 0.05) is 19.1 Å². The van der Waals surface area contributed by atoms with Gasteiger partial charge in [0.2, 0.25) is 0 Å². The van der Waals surface area contributed by atoms with Crippen LogP contribution in [0.2, 0.25) is 0 Å². The highest BCUT2D eigenvalue weighted by Gasteiger charge is 2.30. The predicted molar refractivity (Wildman–Crippen MR) is 77.5 cm³/mol. The second-order valence-corrected chi connectivity index (χ2v) is 6.20. The molecule has 6 heteroatoms. The zero-order chi connectivity index (χ0) is 14.0. The van der Waals surface area contributed by atoms with Gasteiger partial charge in [0.25, 0.3) is 0 Å². The second-order valence-electron chi connectivity index (χ2n) is 5.23. The predicted octanol–water partition coefficient (Wildman–Crippen LogP) is 2.15. The van der Waals surface area contributed by atoms with Gasteiger partial charge in [-0.1, -0.05) is 32.1 Å². The molecule has 19 heavy (non-hydrogen) atoms. The average Bonchev–Trinajstić information content (AvgIpc) is 2.72. The highest BCUT2D eigenvalue weighted by atomic mass is 32.1. The number of carboxylic acid groups (broad SMARTS) is 1. The van der Waals surface area contributed by atoms with E-state index in [0.29, 0.717) is 16.6 Å². The van der Waals surface area contributed by atoms with E-state index in [4.69, 9.17) is 0 Å². The Balaban J connectivity index is 2.03. The van der Waals surface area contributed by atoms with Crippen molar-refractivity contribution in [1.82, 2.24) is 10.3 Å². The molecule has 0 spiro atoms. The van der Waals surface area contributed by atoms with Crippen LogP contribution in [0.15, 0.2) is 0 Å². The monoisotopic (exact) mass is 283 g/mol. The van der Waals surface area contributed by atoms with Crippen molar-refractivity contribution >= 4 is 22.4 Å². The lowest BCUT2D eigenvalue weighted by atomic mass is 10.1. The maximum Gasteiger partial charge on any atom is 0.347 e. The third kappa shape index (κ3) is 3.06. The number of aromatic carboxylic acids is 1. The number of hydrogen-bond acceptors (Lipinski definition) is 5. The molecule has 0 amide bonds. The Kier molecular flexibility index (Phi) is 4.42. The topological polar surface area (TPSA) is 65.5 Å². The quantitative estimate of drug-likeness (QED) is 0.837. The summed E-state index contributed by atoms with van der Waals surface area (Å²) in [5.74, 6) is -0.722. The Hall–Kier alpha value is -1.14. The van der Waals surface area contributed by atoms with E-state index in [2.05, 4.69) is 22.1 Å². The molecule has 1 aromatic heterocycles. The minimum atomic E-state index is -0.867. The molecule has 1 aliphatic heterocycles. The molecular formula is C13H21N3O2S. The van der Waals surface area contributed by atoms with Crippen LogP contribution in [0.1, 0.15) is 48.5 Å². The largest absolute Gasteiger partial charge is 0.477 e. The van der Waals surface area contributed by atoms with Crippen molar-refractivity contribution in [3.63, 3.8) is 0 Å². The van der Waals surface area contributed by atoms with Crippen LogP contribution in [0.5, 0.6) is 0 Å². The van der Waals surface area contributed by atoms with Crippen LogP contribution in [-0.2, 0) is 0 Å².